The predicted molar refractivity (Wildman–Crippen MR) is 66.1 cm³/mol. The molecule has 1 atom stereocenters. The van der Waals surface area contributed by atoms with Gasteiger partial charge in [0.1, 0.15) is 12.2 Å². The van der Waals surface area contributed by atoms with E-state index in [0.29, 0.717) is 12.0 Å². The van der Waals surface area contributed by atoms with Gasteiger partial charge in [0.25, 0.3) is 0 Å². The molecule has 0 aromatic carbocycles. The number of rotatable bonds is 7. The van der Waals surface area contributed by atoms with Gasteiger partial charge in [-0.05, 0) is 19.3 Å². The van der Waals surface area contributed by atoms with Gasteiger partial charge in [-0.2, -0.15) is 5.10 Å². The molecule has 1 heterocycles. The Balaban J connectivity index is 2.44. The fourth-order valence-corrected chi connectivity index (χ4v) is 1.72. The summed E-state index contributed by atoms with van der Waals surface area (Å²) in [5.41, 5.74) is 0. The van der Waals surface area contributed by atoms with Gasteiger partial charge in [0.15, 0.2) is 0 Å². The molecular weight excluding hydrogens is 200 g/mol. The van der Waals surface area contributed by atoms with E-state index in [1.165, 1.54) is 12.8 Å². The van der Waals surface area contributed by atoms with Crippen LogP contribution < -0.4 is 5.32 Å². The van der Waals surface area contributed by atoms with Gasteiger partial charge in [-0.25, -0.2) is 9.67 Å². The molecule has 0 amide bonds. The summed E-state index contributed by atoms with van der Waals surface area (Å²) in [6, 6.07) is 0.550. The third-order valence-electron chi connectivity index (χ3n) is 2.56. The molecule has 4 nitrogen and oxygen atoms in total. The summed E-state index contributed by atoms with van der Waals surface area (Å²) in [5.74, 6) is 1.64. The van der Waals surface area contributed by atoms with Crippen molar-refractivity contribution < 1.29 is 0 Å². The largest absolute Gasteiger partial charge is 0.307 e. The first-order valence-electron chi connectivity index (χ1n) is 6.23. The fraction of sp³-hybridized carbons (Fsp3) is 0.833. The first-order chi connectivity index (χ1) is 7.63. The molecule has 0 aliphatic heterocycles. The molecule has 0 saturated heterocycles. The summed E-state index contributed by atoms with van der Waals surface area (Å²) >= 11 is 0. The van der Waals surface area contributed by atoms with E-state index in [0.717, 1.165) is 18.9 Å². The van der Waals surface area contributed by atoms with E-state index in [1.54, 1.807) is 6.33 Å². The van der Waals surface area contributed by atoms with Gasteiger partial charge in [-0.1, -0.05) is 27.2 Å². The van der Waals surface area contributed by atoms with Crippen LogP contribution in [-0.4, -0.2) is 20.8 Å². The molecule has 0 fully saturated rings. The zero-order chi connectivity index (χ0) is 12.0. The van der Waals surface area contributed by atoms with Gasteiger partial charge in [0.05, 0.1) is 6.54 Å². The summed E-state index contributed by atoms with van der Waals surface area (Å²) < 4.78 is 2.00. The normalized spacial score (nSPS) is 13.3. The standard InChI is InChI=1S/C12H24N4/c1-5-6-11(4)13-7-12-14-9-15-16(12)8-10(2)3/h9-11,13H,5-8H2,1-4H3. The van der Waals surface area contributed by atoms with Crippen molar-refractivity contribution in [2.45, 2.75) is 59.7 Å². The maximum Gasteiger partial charge on any atom is 0.140 e. The minimum absolute atomic E-state index is 0.550. The number of nitrogens with one attached hydrogen (secondary N) is 1. The molecule has 16 heavy (non-hydrogen) atoms. The molecule has 0 bridgehead atoms. The Kier molecular flexibility index (Phi) is 5.46. The first kappa shape index (κ1) is 13.2. The van der Waals surface area contributed by atoms with Crippen molar-refractivity contribution >= 4 is 0 Å². The smallest absolute Gasteiger partial charge is 0.140 e. The molecule has 1 aromatic rings. The highest BCUT2D eigenvalue weighted by Gasteiger charge is 2.07. The molecule has 1 aromatic heterocycles. The fourth-order valence-electron chi connectivity index (χ4n) is 1.72. The molecule has 1 N–H and O–H groups in total. The highest BCUT2D eigenvalue weighted by Crippen LogP contribution is 2.02. The van der Waals surface area contributed by atoms with Crippen LogP contribution in [0.4, 0.5) is 0 Å². The van der Waals surface area contributed by atoms with Gasteiger partial charge in [0.2, 0.25) is 0 Å². The van der Waals surface area contributed by atoms with Crippen molar-refractivity contribution in [3.8, 4) is 0 Å². The number of hydrogen-bond acceptors (Lipinski definition) is 3. The molecule has 0 spiro atoms. The summed E-state index contributed by atoms with van der Waals surface area (Å²) in [7, 11) is 0. The van der Waals surface area contributed by atoms with Crippen LogP contribution in [0.2, 0.25) is 0 Å². The Morgan fingerprint density at radius 2 is 2.12 bits per heavy atom. The first-order valence-corrected chi connectivity index (χ1v) is 6.23. The molecule has 1 unspecified atom stereocenters. The lowest BCUT2D eigenvalue weighted by Crippen LogP contribution is -2.27. The molecule has 0 saturated carbocycles. The number of hydrogen-bond donors (Lipinski definition) is 1. The lowest BCUT2D eigenvalue weighted by molar-refractivity contribution is 0.440. The van der Waals surface area contributed by atoms with Gasteiger partial charge in [-0.3, -0.25) is 0 Å². The van der Waals surface area contributed by atoms with Gasteiger partial charge in [-0.15, -0.1) is 0 Å². The van der Waals surface area contributed by atoms with Gasteiger partial charge in [0, 0.05) is 12.6 Å². The van der Waals surface area contributed by atoms with Crippen LogP contribution in [0.3, 0.4) is 0 Å². The average Bonchev–Trinajstić information content (AvgIpc) is 2.62. The van der Waals surface area contributed by atoms with Crippen LogP contribution in [0.15, 0.2) is 6.33 Å². The van der Waals surface area contributed by atoms with Crippen molar-refractivity contribution in [3.05, 3.63) is 12.2 Å². The third-order valence-corrected chi connectivity index (χ3v) is 2.56. The van der Waals surface area contributed by atoms with E-state index in [2.05, 4.69) is 43.1 Å². The Labute approximate surface area is 98.5 Å². The minimum Gasteiger partial charge on any atom is -0.307 e. The molecule has 0 aliphatic rings. The Bertz CT molecular complexity index is 293. The average molecular weight is 224 g/mol. The molecule has 0 radical (unpaired) electrons. The highest BCUT2D eigenvalue weighted by molar-refractivity contribution is 4.84. The van der Waals surface area contributed by atoms with Crippen LogP contribution in [0, 0.1) is 5.92 Å². The molecular formula is C12H24N4. The lowest BCUT2D eigenvalue weighted by Gasteiger charge is -2.13. The van der Waals surface area contributed by atoms with Crippen molar-refractivity contribution in [1.82, 2.24) is 20.1 Å². The summed E-state index contributed by atoms with van der Waals surface area (Å²) in [5, 5.41) is 7.72. The van der Waals surface area contributed by atoms with E-state index >= 15 is 0 Å². The predicted octanol–water partition coefficient (Wildman–Crippen LogP) is 2.21. The van der Waals surface area contributed by atoms with Crippen LogP contribution in [0.5, 0.6) is 0 Å². The SMILES string of the molecule is CCCC(C)NCc1ncnn1CC(C)C. The second-order valence-electron chi connectivity index (χ2n) is 4.82. The maximum atomic E-state index is 4.29. The second-order valence-corrected chi connectivity index (χ2v) is 4.82. The van der Waals surface area contributed by atoms with Gasteiger partial charge < -0.3 is 5.32 Å². The summed E-state index contributed by atoms with van der Waals surface area (Å²) in [4.78, 5) is 4.29. The summed E-state index contributed by atoms with van der Waals surface area (Å²) in [6.45, 7) is 10.6. The van der Waals surface area contributed by atoms with Gasteiger partial charge >= 0.3 is 0 Å². The van der Waals surface area contributed by atoms with E-state index in [-0.39, 0.29) is 0 Å². The monoisotopic (exact) mass is 224 g/mol. The van der Waals surface area contributed by atoms with Crippen molar-refractivity contribution in [1.29, 1.82) is 0 Å². The molecule has 1 rings (SSSR count). The van der Waals surface area contributed by atoms with E-state index in [1.807, 2.05) is 4.68 Å². The quantitative estimate of drug-likeness (QED) is 0.772. The van der Waals surface area contributed by atoms with E-state index < -0.39 is 0 Å². The Hall–Kier alpha value is -0.900. The molecule has 4 heteroatoms. The van der Waals surface area contributed by atoms with E-state index in [9.17, 15) is 0 Å². The van der Waals surface area contributed by atoms with Crippen molar-refractivity contribution in [2.24, 2.45) is 5.92 Å². The topological polar surface area (TPSA) is 42.7 Å². The minimum atomic E-state index is 0.550. The van der Waals surface area contributed by atoms with Crippen molar-refractivity contribution in [3.63, 3.8) is 0 Å². The number of nitrogens with zero attached hydrogens (tertiary/aromatic N) is 3. The van der Waals surface area contributed by atoms with Crippen LogP contribution >= 0.6 is 0 Å². The third kappa shape index (κ3) is 4.31. The van der Waals surface area contributed by atoms with Crippen molar-refractivity contribution in [2.75, 3.05) is 0 Å². The Morgan fingerprint density at radius 1 is 1.38 bits per heavy atom. The lowest BCUT2D eigenvalue weighted by atomic mass is 10.2. The zero-order valence-electron chi connectivity index (χ0n) is 10.9. The maximum absolute atomic E-state index is 4.29. The van der Waals surface area contributed by atoms with Crippen LogP contribution in [-0.2, 0) is 13.1 Å². The molecule has 0 aliphatic carbocycles. The summed E-state index contributed by atoms with van der Waals surface area (Å²) in [6.07, 6.45) is 4.06. The second kappa shape index (κ2) is 6.63. The van der Waals surface area contributed by atoms with Crippen LogP contribution in [0.25, 0.3) is 0 Å². The van der Waals surface area contributed by atoms with E-state index in [4.69, 9.17) is 0 Å². The zero-order valence-corrected chi connectivity index (χ0v) is 10.9. The highest BCUT2D eigenvalue weighted by atomic mass is 15.3. The Morgan fingerprint density at radius 3 is 2.75 bits per heavy atom. The molecule has 92 valence electrons. The number of aromatic nitrogens is 3. The van der Waals surface area contributed by atoms with Crippen LogP contribution in [0.1, 0.15) is 46.4 Å².